The minimum absolute atomic E-state index is 0.240. The van der Waals surface area contributed by atoms with Crippen molar-refractivity contribution in [3.63, 3.8) is 0 Å². The summed E-state index contributed by atoms with van der Waals surface area (Å²) in [7, 11) is 0. The molecule has 0 radical (unpaired) electrons. The van der Waals surface area contributed by atoms with Gasteiger partial charge in [-0.15, -0.1) is 0 Å². The van der Waals surface area contributed by atoms with Crippen LogP contribution in [-0.2, 0) is 0 Å². The van der Waals surface area contributed by atoms with E-state index in [-0.39, 0.29) is 5.82 Å². The molecule has 19 heavy (non-hydrogen) atoms. The fourth-order valence-electron chi connectivity index (χ4n) is 3.10. The molecule has 102 valence electrons. The summed E-state index contributed by atoms with van der Waals surface area (Å²) in [4.78, 5) is 3.10. The molecule has 0 aliphatic carbocycles. The van der Waals surface area contributed by atoms with Crippen LogP contribution in [0.2, 0.25) is 0 Å². The van der Waals surface area contributed by atoms with E-state index in [9.17, 15) is 4.39 Å². The molecule has 5 heteroatoms. The molecule has 1 aromatic carbocycles. The highest BCUT2D eigenvalue weighted by Crippen LogP contribution is 2.25. The Morgan fingerprint density at radius 2 is 1.95 bits per heavy atom. The van der Waals surface area contributed by atoms with Crippen LogP contribution in [0.4, 0.5) is 4.39 Å². The number of aromatic amines is 1. The topological polar surface area (TPSA) is 24.0 Å². The maximum atomic E-state index is 13.3. The van der Waals surface area contributed by atoms with Gasteiger partial charge in [0.05, 0.1) is 11.0 Å². The van der Waals surface area contributed by atoms with E-state index in [1.165, 1.54) is 31.4 Å². The van der Waals surface area contributed by atoms with E-state index in [0.29, 0.717) is 16.9 Å². The summed E-state index contributed by atoms with van der Waals surface area (Å²) in [6.45, 7) is 4.44. The summed E-state index contributed by atoms with van der Waals surface area (Å²) in [5.74, 6) is -0.240. The normalized spacial score (nSPS) is 24.1. The lowest BCUT2D eigenvalue weighted by atomic mass is 10.00. The first-order valence-electron chi connectivity index (χ1n) is 6.77. The molecule has 2 unspecified atom stereocenters. The zero-order valence-electron chi connectivity index (χ0n) is 11.2. The second kappa shape index (κ2) is 4.63. The van der Waals surface area contributed by atoms with Crippen LogP contribution in [0, 0.1) is 10.6 Å². The second-order valence-corrected chi connectivity index (χ2v) is 5.80. The van der Waals surface area contributed by atoms with Crippen molar-refractivity contribution in [2.45, 2.75) is 45.2 Å². The zero-order valence-corrected chi connectivity index (χ0v) is 12.0. The molecule has 1 aromatic heterocycles. The molecule has 0 bridgehead atoms. The molecule has 3 nitrogen and oxygen atoms in total. The van der Waals surface area contributed by atoms with Crippen LogP contribution in [0.1, 0.15) is 33.1 Å². The molecule has 0 amide bonds. The lowest BCUT2D eigenvalue weighted by Crippen LogP contribution is -2.50. The van der Waals surface area contributed by atoms with E-state index in [2.05, 4.69) is 23.8 Å². The number of hydrogen-bond donors (Lipinski definition) is 1. The molecule has 1 saturated heterocycles. The third-order valence-electron chi connectivity index (χ3n) is 4.00. The summed E-state index contributed by atoms with van der Waals surface area (Å²) < 4.78 is 16.0. The third kappa shape index (κ3) is 2.06. The number of rotatable bonds is 1. The van der Waals surface area contributed by atoms with Gasteiger partial charge in [-0.05, 0) is 63.5 Å². The van der Waals surface area contributed by atoms with Crippen molar-refractivity contribution in [1.29, 1.82) is 0 Å². The van der Waals surface area contributed by atoms with Crippen LogP contribution >= 0.6 is 12.2 Å². The van der Waals surface area contributed by atoms with Crippen molar-refractivity contribution in [1.82, 2.24) is 9.66 Å². The van der Waals surface area contributed by atoms with Crippen LogP contribution < -0.4 is 5.01 Å². The van der Waals surface area contributed by atoms with Crippen molar-refractivity contribution < 1.29 is 4.39 Å². The predicted molar refractivity (Wildman–Crippen MR) is 78.1 cm³/mol. The Balaban J connectivity index is 2.18. The van der Waals surface area contributed by atoms with Gasteiger partial charge in [-0.25, -0.2) is 9.07 Å². The summed E-state index contributed by atoms with van der Waals surface area (Å²) in [5, 5.41) is 2.32. The van der Waals surface area contributed by atoms with Crippen LogP contribution in [0.3, 0.4) is 0 Å². The van der Waals surface area contributed by atoms with Crippen LogP contribution in [0.15, 0.2) is 18.2 Å². The van der Waals surface area contributed by atoms with E-state index < -0.39 is 0 Å². The minimum atomic E-state index is -0.240. The molecule has 3 rings (SSSR count). The molecule has 0 spiro atoms. The lowest BCUT2D eigenvalue weighted by molar-refractivity contribution is 0.339. The van der Waals surface area contributed by atoms with E-state index in [1.54, 1.807) is 6.07 Å². The number of benzene rings is 1. The van der Waals surface area contributed by atoms with Gasteiger partial charge < -0.3 is 9.99 Å². The fourth-order valence-corrected chi connectivity index (χ4v) is 3.40. The number of H-pyrrole nitrogens is 1. The number of halogens is 1. The molecule has 2 aromatic rings. The Bertz CT molecular complexity index is 650. The first-order valence-corrected chi connectivity index (χ1v) is 7.17. The van der Waals surface area contributed by atoms with Crippen LogP contribution in [-0.4, -0.2) is 21.7 Å². The van der Waals surface area contributed by atoms with Gasteiger partial charge in [-0.1, -0.05) is 0 Å². The van der Waals surface area contributed by atoms with Gasteiger partial charge in [0.2, 0.25) is 0 Å². The maximum absolute atomic E-state index is 13.3. The molecule has 1 N–H and O–H groups in total. The number of aromatic nitrogens is 2. The third-order valence-corrected chi connectivity index (χ3v) is 4.27. The molecule has 2 atom stereocenters. The Morgan fingerprint density at radius 1 is 1.26 bits per heavy atom. The number of fused-ring (bicyclic) bond motifs is 1. The van der Waals surface area contributed by atoms with E-state index in [4.69, 9.17) is 12.2 Å². The Morgan fingerprint density at radius 3 is 2.63 bits per heavy atom. The quantitative estimate of drug-likeness (QED) is 0.804. The number of nitrogens with one attached hydrogen (secondary N) is 1. The Labute approximate surface area is 117 Å². The van der Waals surface area contributed by atoms with E-state index in [0.717, 1.165) is 11.0 Å². The molecular formula is C14H18FN3S. The molecule has 2 heterocycles. The largest absolute Gasteiger partial charge is 0.329 e. The van der Waals surface area contributed by atoms with Crippen molar-refractivity contribution >= 4 is 23.3 Å². The number of imidazole rings is 1. The first-order chi connectivity index (χ1) is 9.08. The summed E-state index contributed by atoms with van der Waals surface area (Å²) >= 11 is 5.43. The molecule has 1 aliphatic heterocycles. The van der Waals surface area contributed by atoms with Crippen LogP contribution in [0.5, 0.6) is 0 Å². The monoisotopic (exact) mass is 279 g/mol. The second-order valence-electron chi connectivity index (χ2n) is 5.41. The predicted octanol–water partition coefficient (Wildman–Crippen LogP) is 3.74. The highest BCUT2D eigenvalue weighted by Gasteiger charge is 2.26. The summed E-state index contributed by atoms with van der Waals surface area (Å²) in [6, 6.07) is 5.67. The van der Waals surface area contributed by atoms with E-state index >= 15 is 0 Å². The van der Waals surface area contributed by atoms with Gasteiger partial charge in [0.25, 0.3) is 0 Å². The van der Waals surface area contributed by atoms with Gasteiger partial charge in [0.1, 0.15) is 5.82 Å². The van der Waals surface area contributed by atoms with Gasteiger partial charge in [-0.3, -0.25) is 0 Å². The highest BCUT2D eigenvalue weighted by molar-refractivity contribution is 7.71. The number of piperidine rings is 1. The zero-order chi connectivity index (χ0) is 13.6. The summed E-state index contributed by atoms with van der Waals surface area (Å²) in [6.07, 6.45) is 3.59. The summed E-state index contributed by atoms with van der Waals surface area (Å²) in [5.41, 5.74) is 1.71. The van der Waals surface area contributed by atoms with Gasteiger partial charge in [0.15, 0.2) is 4.77 Å². The molecule has 1 aliphatic rings. The van der Waals surface area contributed by atoms with Gasteiger partial charge in [0, 0.05) is 12.1 Å². The van der Waals surface area contributed by atoms with Crippen LogP contribution in [0.25, 0.3) is 11.0 Å². The van der Waals surface area contributed by atoms with Gasteiger partial charge in [-0.2, -0.15) is 0 Å². The first kappa shape index (κ1) is 12.7. The SMILES string of the molecule is CC1CCCC(C)N1n1c(=S)[nH]c2cc(F)ccc21. The Hall–Kier alpha value is -1.36. The Kier molecular flexibility index (Phi) is 3.09. The van der Waals surface area contributed by atoms with E-state index in [1.807, 2.05) is 4.68 Å². The van der Waals surface area contributed by atoms with Crippen molar-refractivity contribution in [2.75, 3.05) is 5.01 Å². The van der Waals surface area contributed by atoms with Crippen molar-refractivity contribution in [3.8, 4) is 0 Å². The standard InChI is InChI=1S/C14H18FN3S/c1-9-4-3-5-10(2)17(9)18-13-7-6-11(15)8-12(13)16-14(18)19/h6-10H,3-5H2,1-2H3,(H,16,19). The maximum Gasteiger partial charge on any atom is 0.197 e. The molecule has 1 fully saturated rings. The van der Waals surface area contributed by atoms with Crippen molar-refractivity contribution in [3.05, 3.63) is 28.8 Å². The van der Waals surface area contributed by atoms with Crippen molar-refractivity contribution in [2.24, 2.45) is 0 Å². The lowest BCUT2D eigenvalue weighted by Gasteiger charge is -2.41. The average Bonchev–Trinajstić information content (AvgIpc) is 2.65. The number of nitrogens with zero attached hydrogens (tertiary/aromatic N) is 2. The fraction of sp³-hybridized carbons (Fsp3) is 0.500. The molecular weight excluding hydrogens is 261 g/mol. The average molecular weight is 279 g/mol. The smallest absolute Gasteiger partial charge is 0.197 e. The minimum Gasteiger partial charge on any atom is -0.329 e. The molecule has 0 saturated carbocycles. The van der Waals surface area contributed by atoms with Gasteiger partial charge >= 0.3 is 0 Å². The number of hydrogen-bond acceptors (Lipinski definition) is 2. The highest BCUT2D eigenvalue weighted by atomic mass is 32.1.